The number of fused-ring (bicyclic) bond motifs is 1. The number of ether oxygens (including phenoxy) is 1. The Bertz CT molecular complexity index is 898. The van der Waals surface area contributed by atoms with Gasteiger partial charge in [-0.3, -0.25) is 4.99 Å². The van der Waals surface area contributed by atoms with Crippen molar-refractivity contribution in [3.05, 3.63) is 71.8 Å². The van der Waals surface area contributed by atoms with E-state index in [2.05, 4.69) is 4.99 Å². The van der Waals surface area contributed by atoms with Crippen molar-refractivity contribution in [1.82, 2.24) is 0 Å². The Labute approximate surface area is 140 Å². The normalized spacial score (nSPS) is 11.0. The molecule has 0 amide bonds. The van der Waals surface area contributed by atoms with Gasteiger partial charge in [-0.1, -0.05) is 48.0 Å². The standard InChI is InChI=1S/C20H17NO3/c1-14-6-9-16(10-7-14)21-12-18-17-5-3-2-4-15(17)8-11-19(18)24-13-20(22)23/h2-12H,13H2,1H3,(H,22,23). The average molecular weight is 319 g/mol. The molecule has 0 unspecified atom stereocenters. The number of carbonyl (C=O) groups is 1. The number of rotatable bonds is 5. The first-order chi connectivity index (χ1) is 11.6. The number of carboxylic acids is 1. The summed E-state index contributed by atoms with van der Waals surface area (Å²) < 4.78 is 5.42. The van der Waals surface area contributed by atoms with E-state index < -0.39 is 5.97 Å². The van der Waals surface area contributed by atoms with Gasteiger partial charge in [0.05, 0.1) is 5.69 Å². The second kappa shape index (κ2) is 6.96. The summed E-state index contributed by atoms with van der Waals surface area (Å²) in [5.74, 6) is -0.503. The Morgan fingerprint density at radius 3 is 2.58 bits per heavy atom. The molecule has 0 fully saturated rings. The molecule has 0 radical (unpaired) electrons. The molecule has 3 aromatic rings. The van der Waals surface area contributed by atoms with E-state index in [4.69, 9.17) is 9.84 Å². The molecule has 0 aliphatic carbocycles. The van der Waals surface area contributed by atoms with Crippen molar-refractivity contribution in [3.8, 4) is 5.75 Å². The summed E-state index contributed by atoms with van der Waals surface area (Å²) in [6, 6.07) is 19.4. The molecule has 0 aliphatic heterocycles. The summed E-state index contributed by atoms with van der Waals surface area (Å²) >= 11 is 0. The Kier molecular flexibility index (Phi) is 4.57. The monoisotopic (exact) mass is 319 g/mol. The van der Waals surface area contributed by atoms with Crippen LogP contribution in [-0.4, -0.2) is 23.9 Å². The summed E-state index contributed by atoms with van der Waals surface area (Å²) in [5.41, 5.74) is 2.78. The van der Waals surface area contributed by atoms with Gasteiger partial charge in [-0.05, 0) is 35.9 Å². The Balaban J connectivity index is 2.03. The van der Waals surface area contributed by atoms with Crippen LogP contribution in [0.25, 0.3) is 10.8 Å². The van der Waals surface area contributed by atoms with Gasteiger partial charge in [0.25, 0.3) is 0 Å². The molecule has 0 heterocycles. The second-order valence-electron chi connectivity index (χ2n) is 5.47. The zero-order chi connectivity index (χ0) is 16.9. The molecule has 0 saturated heterocycles. The topological polar surface area (TPSA) is 58.9 Å². The quantitative estimate of drug-likeness (QED) is 0.711. The first-order valence-electron chi connectivity index (χ1n) is 7.60. The van der Waals surface area contributed by atoms with Crippen molar-refractivity contribution >= 4 is 28.6 Å². The van der Waals surface area contributed by atoms with E-state index in [0.29, 0.717) is 5.75 Å². The zero-order valence-corrected chi connectivity index (χ0v) is 13.3. The van der Waals surface area contributed by atoms with Gasteiger partial charge in [-0.25, -0.2) is 4.79 Å². The molecule has 0 aliphatic rings. The van der Waals surface area contributed by atoms with Crippen LogP contribution < -0.4 is 4.74 Å². The molecule has 3 rings (SSSR count). The van der Waals surface area contributed by atoms with Crippen LogP contribution in [0.2, 0.25) is 0 Å². The summed E-state index contributed by atoms with van der Waals surface area (Å²) in [6.07, 6.45) is 1.73. The highest BCUT2D eigenvalue weighted by Crippen LogP contribution is 2.27. The fourth-order valence-electron chi connectivity index (χ4n) is 2.44. The lowest BCUT2D eigenvalue weighted by Gasteiger charge is -2.10. The van der Waals surface area contributed by atoms with Gasteiger partial charge in [0.15, 0.2) is 6.61 Å². The minimum Gasteiger partial charge on any atom is -0.481 e. The fraction of sp³-hybridized carbons (Fsp3) is 0.100. The summed E-state index contributed by atoms with van der Waals surface area (Å²) in [4.78, 5) is 15.3. The molecule has 0 spiro atoms. The highest BCUT2D eigenvalue weighted by molar-refractivity contribution is 6.03. The van der Waals surface area contributed by atoms with Crippen molar-refractivity contribution in [2.24, 2.45) is 4.99 Å². The number of aliphatic carboxylic acids is 1. The minimum absolute atomic E-state index is 0.385. The van der Waals surface area contributed by atoms with Crippen LogP contribution in [-0.2, 0) is 4.79 Å². The Morgan fingerprint density at radius 2 is 1.83 bits per heavy atom. The van der Waals surface area contributed by atoms with Crippen LogP contribution >= 0.6 is 0 Å². The molecule has 0 atom stereocenters. The first-order valence-corrected chi connectivity index (χ1v) is 7.60. The van der Waals surface area contributed by atoms with E-state index in [1.807, 2.05) is 61.5 Å². The Morgan fingerprint density at radius 1 is 1.08 bits per heavy atom. The third-order valence-electron chi connectivity index (χ3n) is 3.66. The molecule has 4 heteroatoms. The fourth-order valence-corrected chi connectivity index (χ4v) is 2.44. The molecular weight excluding hydrogens is 302 g/mol. The van der Waals surface area contributed by atoms with Crippen molar-refractivity contribution in [3.63, 3.8) is 0 Å². The SMILES string of the molecule is Cc1ccc(N=Cc2c(OCC(=O)O)ccc3ccccc23)cc1. The number of hydrogen-bond donors (Lipinski definition) is 1. The molecule has 0 aromatic heterocycles. The smallest absolute Gasteiger partial charge is 0.341 e. The van der Waals surface area contributed by atoms with Crippen molar-refractivity contribution in [1.29, 1.82) is 0 Å². The van der Waals surface area contributed by atoms with E-state index in [9.17, 15) is 4.79 Å². The maximum absolute atomic E-state index is 10.8. The lowest BCUT2D eigenvalue weighted by Crippen LogP contribution is -2.10. The predicted molar refractivity (Wildman–Crippen MR) is 95.5 cm³/mol. The first kappa shape index (κ1) is 15.7. The van der Waals surface area contributed by atoms with Crippen LogP contribution in [0.15, 0.2) is 65.7 Å². The van der Waals surface area contributed by atoms with Gasteiger partial charge in [-0.15, -0.1) is 0 Å². The lowest BCUT2D eigenvalue weighted by molar-refractivity contribution is -0.139. The van der Waals surface area contributed by atoms with Gasteiger partial charge < -0.3 is 9.84 Å². The van der Waals surface area contributed by atoms with Gasteiger partial charge in [0, 0.05) is 11.8 Å². The van der Waals surface area contributed by atoms with E-state index >= 15 is 0 Å². The third-order valence-corrected chi connectivity index (χ3v) is 3.66. The number of benzene rings is 3. The van der Waals surface area contributed by atoms with Crippen molar-refractivity contribution in [2.45, 2.75) is 6.92 Å². The maximum Gasteiger partial charge on any atom is 0.341 e. The van der Waals surface area contributed by atoms with Gasteiger partial charge in [-0.2, -0.15) is 0 Å². The van der Waals surface area contributed by atoms with Crippen LogP contribution in [0.1, 0.15) is 11.1 Å². The molecule has 0 saturated carbocycles. The van der Waals surface area contributed by atoms with E-state index in [1.54, 1.807) is 12.3 Å². The van der Waals surface area contributed by atoms with Crippen LogP contribution in [0.3, 0.4) is 0 Å². The van der Waals surface area contributed by atoms with Gasteiger partial charge in [0.1, 0.15) is 5.75 Å². The molecule has 24 heavy (non-hydrogen) atoms. The van der Waals surface area contributed by atoms with Crippen LogP contribution in [0.5, 0.6) is 5.75 Å². The minimum atomic E-state index is -1.01. The van der Waals surface area contributed by atoms with Crippen molar-refractivity contribution < 1.29 is 14.6 Å². The number of nitrogens with zero attached hydrogens (tertiary/aromatic N) is 1. The van der Waals surface area contributed by atoms with Crippen LogP contribution in [0.4, 0.5) is 5.69 Å². The number of hydrogen-bond acceptors (Lipinski definition) is 3. The largest absolute Gasteiger partial charge is 0.481 e. The second-order valence-corrected chi connectivity index (χ2v) is 5.47. The number of aliphatic imine (C=N–C) groups is 1. The van der Waals surface area contributed by atoms with E-state index in [-0.39, 0.29) is 6.61 Å². The Hall–Kier alpha value is -3.14. The van der Waals surface area contributed by atoms with Crippen LogP contribution in [0, 0.1) is 6.92 Å². The van der Waals surface area contributed by atoms with E-state index in [0.717, 1.165) is 22.0 Å². The summed E-state index contributed by atoms with van der Waals surface area (Å²) in [5, 5.41) is 10.9. The predicted octanol–water partition coefficient (Wildman–Crippen LogP) is 4.36. The number of carboxylic acid groups (broad SMARTS) is 1. The van der Waals surface area contributed by atoms with E-state index in [1.165, 1.54) is 5.56 Å². The lowest BCUT2D eigenvalue weighted by atomic mass is 10.0. The van der Waals surface area contributed by atoms with Gasteiger partial charge in [0.2, 0.25) is 0 Å². The summed E-state index contributed by atoms with van der Waals surface area (Å²) in [7, 11) is 0. The molecule has 1 N–H and O–H groups in total. The third kappa shape index (κ3) is 3.60. The van der Waals surface area contributed by atoms with Crippen molar-refractivity contribution in [2.75, 3.05) is 6.61 Å². The average Bonchev–Trinajstić information content (AvgIpc) is 2.59. The molecule has 4 nitrogen and oxygen atoms in total. The summed E-state index contributed by atoms with van der Waals surface area (Å²) in [6.45, 7) is 1.64. The number of aryl methyl sites for hydroxylation is 1. The highest BCUT2D eigenvalue weighted by Gasteiger charge is 2.08. The maximum atomic E-state index is 10.8. The highest BCUT2D eigenvalue weighted by atomic mass is 16.5. The molecule has 120 valence electrons. The molecule has 0 bridgehead atoms. The zero-order valence-electron chi connectivity index (χ0n) is 13.3. The molecule has 3 aromatic carbocycles. The van der Waals surface area contributed by atoms with Gasteiger partial charge >= 0.3 is 5.97 Å². The molecular formula is C20H17NO3.